The first-order chi connectivity index (χ1) is 7.66. The highest BCUT2D eigenvalue weighted by molar-refractivity contribution is 7.11. The molecular formula is C11H16N4S. The normalized spacial score (nSPS) is 12.9. The molecule has 0 bridgehead atoms. The van der Waals surface area contributed by atoms with Crippen molar-refractivity contribution < 1.29 is 0 Å². The van der Waals surface area contributed by atoms with Crippen LogP contribution < -0.4 is 5.32 Å². The van der Waals surface area contributed by atoms with Crippen LogP contribution in [0.4, 0.5) is 0 Å². The maximum absolute atomic E-state index is 4.32. The lowest BCUT2D eigenvalue weighted by Crippen LogP contribution is -2.18. The zero-order valence-corrected chi connectivity index (χ0v) is 10.6. The highest BCUT2D eigenvalue weighted by atomic mass is 32.1. The van der Waals surface area contributed by atoms with Gasteiger partial charge in [-0.2, -0.15) is 5.10 Å². The second kappa shape index (κ2) is 4.76. The number of aromatic nitrogens is 3. The van der Waals surface area contributed by atoms with Gasteiger partial charge < -0.3 is 5.32 Å². The standard InChI is InChI=1S/C11H16N4S/c1-7-4-13-11(16-7)6-12-8(2)10-5-14-15-9(10)3/h4-5,8,12H,6H2,1-3H3,(H,14,15). The molecule has 2 heterocycles. The highest BCUT2D eigenvalue weighted by Crippen LogP contribution is 2.16. The average molecular weight is 236 g/mol. The number of rotatable bonds is 4. The number of nitrogens with one attached hydrogen (secondary N) is 2. The molecule has 1 unspecified atom stereocenters. The van der Waals surface area contributed by atoms with Crippen molar-refractivity contribution in [2.24, 2.45) is 0 Å². The largest absolute Gasteiger partial charge is 0.304 e. The maximum atomic E-state index is 4.32. The second-order valence-corrected chi connectivity index (χ2v) is 5.24. The van der Waals surface area contributed by atoms with Crippen LogP contribution in [0.15, 0.2) is 12.4 Å². The third-order valence-electron chi connectivity index (χ3n) is 2.56. The highest BCUT2D eigenvalue weighted by Gasteiger charge is 2.10. The van der Waals surface area contributed by atoms with Gasteiger partial charge in [0, 0.05) is 34.9 Å². The molecule has 0 aliphatic rings. The van der Waals surface area contributed by atoms with E-state index in [1.54, 1.807) is 11.3 Å². The van der Waals surface area contributed by atoms with Crippen LogP contribution in [-0.2, 0) is 6.54 Å². The summed E-state index contributed by atoms with van der Waals surface area (Å²) in [7, 11) is 0. The van der Waals surface area contributed by atoms with Crippen LogP contribution in [-0.4, -0.2) is 15.2 Å². The summed E-state index contributed by atoms with van der Waals surface area (Å²) in [6.07, 6.45) is 3.79. The maximum Gasteiger partial charge on any atom is 0.107 e. The van der Waals surface area contributed by atoms with Crippen molar-refractivity contribution in [3.05, 3.63) is 33.5 Å². The Hall–Kier alpha value is -1.20. The van der Waals surface area contributed by atoms with E-state index < -0.39 is 0 Å². The van der Waals surface area contributed by atoms with Crippen LogP contribution in [0.2, 0.25) is 0 Å². The summed E-state index contributed by atoms with van der Waals surface area (Å²) in [5.74, 6) is 0. The Morgan fingerprint density at radius 1 is 1.44 bits per heavy atom. The lowest BCUT2D eigenvalue weighted by molar-refractivity contribution is 0.571. The van der Waals surface area contributed by atoms with Crippen molar-refractivity contribution in [2.75, 3.05) is 0 Å². The Morgan fingerprint density at radius 2 is 2.25 bits per heavy atom. The lowest BCUT2D eigenvalue weighted by Gasteiger charge is -2.11. The lowest BCUT2D eigenvalue weighted by atomic mass is 10.1. The molecule has 1 atom stereocenters. The van der Waals surface area contributed by atoms with E-state index in [0.717, 1.165) is 17.2 Å². The molecule has 0 aromatic carbocycles. The first-order valence-corrected chi connectivity index (χ1v) is 6.13. The van der Waals surface area contributed by atoms with Gasteiger partial charge in [-0.05, 0) is 20.8 Å². The minimum absolute atomic E-state index is 0.294. The number of aryl methyl sites for hydroxylation is 2. The molecule has 0 saturated carbocycles. The molecule has 0 fully saturated rings. The molecule has 86 valence electrons. The summed E-state index contributed by atoms with van der Waals surface area (Å²) in [5.41, 5.74) is 2.34. The molecule has 2 rings (SSSR count). The predicted octanol–water partition coefficient (Wildman–Crippen LogP) is 2.33. The molecule has 2 N–H and O–H groups in total. The number of aromatic amines is 1. The molecule has 4 nitrogen and oxygen atoms in total. The summed E-state index contributed by atoms with van der Waals surface area (Å²) < 4.78 is 0. The van der Waals surface area contributed by atoms with Crippen molar-refractivity contribution in [1.29, 1.82) is 0 Å². The fourth-order valence-electron chi connectivity index (χ4n) is 1.63. The molecule has 0 amide bonds. The smallest absolute Gasteiger partial charge is 0.107 e. The van der Waals surface area contributed by atoms with Gasteiger partial charge in [-0.1, -0.05) is 0 Å². The van der Waals surface area contributed by atoms with E-state index >= 15 is 0 Å². The molecule has 2 aromatic heterocycles. The second-order valence-electron chi connectivity index (χ2n) is 3.92. The van der Waals surface area contributed by atoms with Crippen LogP contribution in [0.1, 0.15) is 34.1 Å². The van der Waals surface area contributed by atoms with E-state index in [-0.39, 0.29) is 0 Å². The number of hydrogen-bond acceptors (Lipinski definition) is 4. The fourth-order valence-corrected chi connectivity index (χ4v) is 2.37. The first-order valence-electron chi connectivity index (χ1n) is 5.31. The molecule has 0 aliphatic carbocycles. The van der Waals surface area contributed by atoms with Crippen LogP contribution in [0.5, 0.6) is 0 Å². The summed E-state index contributed by atoms with van der Waals surface area (Å²) >= 11 is 1.73. The predicted molar refractivity (Wildman–Crippen MR) is 65.4 cm³/mol. The van der Waals surface area contributed by atoms with Crippen molar-refractivity contribution in [2.45, 2.75) is 33.4 Å². The van der Waals surface area contributed by atoms with Crippen molar-refractivity contribution in [3.63, 3.8) is 0 Å². The number of hydrogen-bond donors (Lipinski definition) is 2. The van der Waals surface area contributed by atoms with Crippen molar-refractivity contribution >= 4 is 11.3 Å². The van der Waals surface area contributed by atoms with E-state index in [0.29, 0.717) is 6.04 Å². The summed E-state index contributed by atoms with van der Waals surface area (Å²) in [6, 6.07) is 0.294. The van der Waals surface area contributed by atoms with Gasteiger partial charge >= 0.3 is 0 Å². The Bertz CT molecular complexity index is 460. The van der Waals surface area contributed by atoms with Crippen LogP contribution in [0.25, 0.3) is 0 Å². The number of thiazole rings is 1. The van der Waals surface area contributed by atoms with E-state index in [4.69, 9.17) is 0 Å². The SMILES string of the molecule is Cc1cnc(CNC(C)c2cn[nH]c2C)s1. The third-order valence-corrected chi connectivity index (χ3v) is 3.48. The zero-order chi connectivity index (χ0) is 11.5. The summed E-state index contributed by atoms with van der Waals surface area (Å²) in [5, 5.41) is 11.5. The van der Waals surface area contributed by atoms with E-state index in [1.165, 1.54) is 10.4 Å². The van der Waals surface area contributed by atoms with Gasteiger partial charge in [-0.25, -0.2) is 4.98 Å². The van der Waals surface area contributed by atoms with Crippen LogP contribution in [0, 0.1) is 13.8 Å². The van der Waals surface area contributed by atoms with Gasteiger partial charge in [0.25, 0.3) is 0 Å². The van der Waals surface area contributed by atoms with Crippen molar-refractivity contribution in [3.8, 4) is 0 Å². The molecule has 0 spiro atoms. The molecule has 0 aliphatic heterocycles. The van der Waals surface area contributed by atoms with Crippen LogP contribution in [0.3, 0.4) is 0 Å². The number of H-pyrrole nitrogens is 1. The topological polar surface area (TPSA) is 53.6 Å². The van der Waals surface area contributed by atoms with Gasteiger partial charge in [-0.15, -0.1) is 11.3 Å². The molecule has 16 heavy (non-hydrogen) atoms. The summed E-state index contributed by atoms with van der Waals surface area (Å²) in [6.45, 7) is 7.06. The molecule has 5 heteroatoms. The number of nitrogens with zero attached hydrogens (tertiary/aromatic N) is 2. The van der Waals surface area contributed by atoms with Crippen LogP contribution >= 0.6 is 11.3 Å². The Labute approximate surface area is 99.1 Å². The molecule has 0 saturated heterocycles. The zero-order valence-electron chi connectivity index (χ0n) is 9.74. The van der Waals surface area contributed by atoms with E-state index in [9.17, 15) is 0 Å². The van der Waals surface area contributed by atoms with Gasteiger partial charge in [0.15, 0.2) is 0 Å². The van der Waals surface area contributed by atoms with Gasteiger partial charge in [0.2, 0.25) is 0 Å². The third kappa shape index (κ3) is 2.48. The van der Waals surface area contributed by atoms with E-state index in [1.807, 2.05) is 19.3 Å². The molecular weight excluding hydrogens is 220 g/mol. The summed E-state index contributed by atoms with van der Waals surface area (Å²) in [4.78, 5) is 5.58. The van der Waals surface area contributed by atoms with Crippen molar-refractivity contribution in [1.82, 2.24) is 20.5 Å². The first kappa shape index (κ1) is 11.3. The Kier molecular flexibility index (Phi) is 3.36. The van der Waals surface area contributed by atoms with Gasteiger partial charge in [0.1, 0.15) is 5.01 Å². The minimum atomic E-state index is 0.294. The van der Waals surface area contributed by atoms with Gasteiger partial charge in [-0.3, -0.25) is 5.10 Å². The quantitative estimate of drug-likeness (QED) is 0.856. The Balaban J connectivity index is 1.93. The fraction of sp³-hybridized carbons (Fsp3) is 0.455. The monoisotopic (exact) mass is 236 g/mol. The Morgan fingerprint density at radius 3 is 2.81 bits per heavy atom. The van der Waals surface area contributed by atoms with E-state index in [2.05, 4.69) is 34.3 Å². The van der Waals surface area contributed by atoms with Gasteiger partial charge in [0.05, 0.1) is 6.20 Å². The molecule has 0 radical (unpaired) electrons. The average Bonchev–Trinajstić information content (AvgIpc) is 2.84. The minimum Gasteiger partial charge on any atom is -0.304 e. The molecule has 2 aromatic rings.